The number of thiazole rings is 1. The highest BCUT2D eigenvalue weighted by atomic mass is 79.9. The van der Waals surface area contributed by atoms with Crippen LogP contribution >= 0.6 is 27.3 Å². The van der Waals surface area contributed by atoms with E-state index < -0.39 is 0 Å². The SMILES string of the molecule is COc1cc(Br)c(CCNC(=O)c2ccc(OCc3csc(C)n3)cc2)cc1OC. The van der Waals surface area contributed by atoms with Gasteiger partial charge in [0.05, 0.1) is 24.9 Å². The predicted molar refractivity (Wildman–Crippen MR) is 121 cm³/mol. The van der Waals surface area contributed by atoms with Gasteiger partial charge in [-0.3, -0.25) is 4.79 Å². The molecule has 0 atom stereocenters. The lowest BCUT2D eigenvalue weighted by Crippen LogP contribution is -2.25. The van der Waals surface area contributed by atoms with Crippen molar-refractivity contribution < 1.29 is 19.0 Å². The number of hydrogen-bond donors (Lipinski definition) is 1. The first kappa shape index (κ1) is 22.1. The Morgan fingerprint density at radius 3 is 2.47 bits per heavy atom. The fraction of sp³-hybridized carbons (Fsp3) is 0.273. The van der Waals surface area contributed by atoms with Crippen LogP contribution in [0.2, 0.25) is 0 Å². The van der Waals surface area contributed by atoms with Crippen molar-refractivity contribution in [1.29, 1.82) is 0 Å². The number of rotatable bonds is 9. The van der Waals surface area contributed by atoms with E-state index in [1.54, 1.807) is 49.8 Å². The van der Waals surface area contributed by atoms with Crippen LogP contribution in [0.5, 0.6) is 17.2 Å². The van der Waals surface area contributed by atoms with Gasteiger partial charge in [-0.2, -0.15) is 0 Å². The number of nitrogens with zero attached hydrogens (tertiary/aromatic N) is 1. The van der Waals surface area contributed by atoms with Crippen LogP contribution in [0.4, 0.5) is 0 Å². The molecule has 0 aliphatic carbocycles. The van der Waals surface area contributed by atoms with E-state index in [2.05, 4.69) is 26.2 Å². The average molecular weight is 491 g/mol. The van der Waals surface area contributed by atoms with Gasteiger partial charge in [-0.1, -0.05) is 15.9 Å². The van der Waals surface area contributed by atoms with Crippen molar-refractivity contribution >= 4 is 33.2 Å². The van der Waals surface area contributed by atoms with E-state index in [9.17, 15) is 4.79 Å². The zero-order chi connectivity index (χ0) is 21.5. The van der Waals surface area contributed by atoms with E-state index >= 15 is 0 Å². The lowest BCUT2D eigenvalue weighted by atomic mass is 10.1. The molecule has 1 aromatic heterocycles. The molecule has 0 aliphatic heterocycles. The fourth-order valence-electron chi connectivity index (χ4n) is 2.83. The van der Waals surface area contributed by atoms with E-state index in [4.69, 9.17) is 14.2 Å². The van der Waals surface area contributed by atoms with Gasteiger partial charge in [0.15, 0.2) is 11.5 Å². The summed E-state index contributed by atoms with van der Waals surface area (Å²) < 4.78 is 17.3. The van der Waals surface area contributed by atoms with Crippen molar-refractivity contribution in [2.24, 2.45) is 0 Å². The fourth-order valence-corrected chi connectivity index (χ4v) is 3.95. The van der Waals surface area contributed by atoms with E-state index in [-0.39, 0.29) is 5.91 Å². The van der Waals surface area contributed by atoms with Gasteiger partial charge in [-0.05, 0) is 55.3 Å². The maximum Gasteiger partial charge on any atom is 0.251 e. The second-order valence-corrected chi connectivity index (χ2v) is 8.39. The van der Waals surface area contributed by atoms with Crippen molar-refractivity contribution in [3.63, 3.8) is 0 Å². The van der Waals surface area contributed by atoms with Gasteiger partial charge in [-0.25, -0.2) is 4.98 Å². The zero-order valence-electron chi connectivity index (χ0n) is 17.0. The molecule has 0 aliphatic rings. The van der Waals surface area contributed by atoms with Gasteiger partial charge in [-0.15, -0.1) is 11.3 Å². The molecule has 30 heavy (non-hydrogen) atoms. The summed E-state index contributed by atoms with van der Waals surface area (Å²) in [5, 5.41) is 5.93. The summed E-state index contributed by atoms with van der Waals surface area (Å²) in [6, 6.07) is 10.9. The topological polar surface area (TPSA) is 69.7 Å². The molecule has 2 aromatic carbocycles. The highest BCUT2D eigenvalue weighted by Gasteiger charge is 2.11. The molecule has 0 saturated carbocycles. The molecule has 1 N–H and O–H groups in total. The van der Waals surface area contributed by atoms with Gasteiger partial charge in [0, 0.05) is 22.0 Å². The number of ether oxygens (including phenoxy) is 3. The molecular formula is C22H23BrN2O4S. The van der Waals surface area contributed by atoms with Crippen LogP contribution in [-0.2, 0) is 13.0 Å². The Labute approximate surface area is 188 Å². The molecule has 3 aromatic rings. The Morgan fingerprint density at radius 1 is 1.13 bits per heavy atom. The monoisotopic (exact) mass is 490 g/mol. The van der Waals surface area contributed by atoms with Crippen molar-refractivity contribution in [2.45, 2.75) is 20.0 Å². The van der Waals surface area contributed by atoms with E-state index in [0.29, 0.717) is 42.4 Å². The van der Waals surface area contributed by atoms with Gasteiger partial charge in [0.2, 0.25) is 0 Å². The lowest BCUT2D eigenvalue weighted by molar-refractivity contribution is 0.0954. The van der Waals surface area contributed by atoms with Crippen molar-refractivity contribution in [2.75, 3.05) is 20.8 Å². The number of aryl methyl sites for hydroxylation is 1. The molecular weight excluding hydrogens is 468 g/mol. The second kappa shape index (κ2) is 10.4. The van der Waals surface area contributed by atoms with Crippen LogP contribution in [0.25, 0.3) is 0 Å². The molecule has 0 spiro atoms. The van der Waals surface area contributed by atoms with Gasteiger partial charge < -0.3 is 19.5 Å². The average Bonchev–Trinajstić information content (AvgIpc) is 3.18. The van der Waals surface area contributed by atoms with E-state index in [1.807, 2.05) is 24.4 Å². The third kappa shape index (κ3) is 5.73. The minimum Gasteiger partial charge on any atom is -0.493 e. The second-order valence-electron chi connectivity index (χ2n) is 6.48. The molecule has 8 heteroatoms. The van der Waals surface area contributed by atoms with Crippen LogP contribution in [0.15, 0.2) is 46.3 Å². The highest BCUT2D eigenvalue weighted by molar-refractivity contribution is 9.10. The van der Waals surface area contributed by atoms with Crippen LogP contribution in [-0.4, -0.2) is 31.7 Å². The van der Waals surface area contributed by atoms with Crippen LogP contribution in [0.3, 0.4) is 0 Å². The maximum absolute atomic E-state index is 12.4. The number of benzene rings is 2. The van der Waals surface area contributed by atoms with Crippen molar-refractivity contribution in [3.8, 4) is 17.2 Å². The van der Waals surface area contributed by atoms with E-state index in [0.717, 1.165) is 20.7 Å². The number of carbonyl (C=O) groups is 1. The zero-order valence-corrected chi connectivity index (χ0v) is 19.4. The number of amides is 1. The summed E-state index contributed by atoms with van der Waals surface area (Å²) in [6.45, 7) is 2.87. The van der Waals surface area contributed by atoms with E-state index in [1.165, 1.54) is 0 Å². The first-order chi connectivity index (χ1) is 14.5. The molecule has 0 unspecified atom stereocenters. The molecule has 0 saturated heterocycles. The number of aromatic nitrogens is 1. The molecule has 6 nitrogen and oxygen atoms in total. The van der Waals surface area contributed by atoms with Gasteiger partial charge in [0.25, 0.3) is 5.91 Å². The lowest BCUT2D eigenvalue weighted by Gasteiger charge is -2.12. The summed E-state index contributed by atoms with van der Waals surface area (Å²) in [6.07, 6.45) is 0.654. The molecule has 1 heterocycles. The smallest absolute Gasteiger partial charge is 0.251 e. The number of hydrogen-bond acceptors (Lipinski definition) is 6. The molecule has 0 bridgehead atoms. The van der Waals surface area contributed by atoms with Crippen molar-refractivity contribution in [1.82, 2.24) is 10.3 Å². The number of carbonyl (C=O) groups excluding carboxylic acids is 1. The minimum absolute atomic E-state index is 0.131. The summed E-state index contributed by atoms with van der Waals surface area (Å²) in [5.74, 6) is 1.88. The summed E-state index contributed by atoms with van der Waals surface area (Å²) >= 11 is 5.13. The summed E-state index contributed by atoms with van der Waals surface area (Å²) in [7, 11) is 3.20. The van der Waals surface area contributed by atoms with Crippen LogP contribution in [0.1, 0.15) is 26.6 Å². The molecule has 0 radical (unpaired) electrons. The normalized spacial score (nSPS) is 10.5. The number of nitrogens with one attached hydrogen (secondary N) is 1. The van der Waals surface area contributed by atoms with Gasteiger partial charge in [0.1, 0.15) is 12.4 Å². The Morgan fingerprint density at radius 2 is 1.83 bits per heavy atom. The minimum atomic E-state index is -0.131. The van der Waals surface area contributed by atoms with Crippen LogP contribution in [0, 0.1) is 6.92 Å². The Balaban J connectivity index is 1.51. The summed E-state index contributed by atoms with van der Waals surface area (Å²) in [5.41, 5.74) is 2.51. The Kier molecular flexibility index (Phi) is 7.70. The molecule has 0 fully saturated rings. The third-order valence-corrected chi connectivity index (χ3v) is 5.96. The number of methoxy groups -OCH3 is 2. The molecule has 1 amide bonds. The molecule has 158 valence electrons. The molecule has 3 rings (SSSR count). The standard InChI is InChI=1S/C22H23BrN2O4S/c1-14-25-17(13-30-14)12-29-18-6-4-15(5-7-18)22(26)24-9-8-16-10-20(27-2)21(28-3)11-19(16)23/h4-7,10-11,13H,8-9,12H2,1-3H3,(H,24,26). The third-order valence-electron chi connectivity index (χ3n) is 4.40. The quantitative estimate of drug-likeness (QED) is 0.467. The first-order valence-electron chi connectivity index (χ1n) is 9.32. The Hall–Kier alpha value is -2.58. The van der Waals surface area contributed by atoms with Gasteiger partial charge >= 0.3 is 0 Å². The van der Waals surface area contributed by atoms with Crippen molar-refractivity contribution in [3.05, 3.63) is 68.1 Å². The summed E-state index contributed by atoms with van der Waals surface area (Å²) in [4.78, 5) is 16.8. The highest BCUT2D eigenvalue weighted by Crippen LogP contribution is 2.33. The first-order valence-corrected chi connectivity index (χ1v) is 11.0. The maximum atomic E-state index is 12.4. The predicted octanol–water partition coefficient (Wildman–Crippen LogP) is 4.78. The Bertz CT molecular complexity index is 1000. The largest absolute Gasteiger partial charge is 0.493 e. The van der Waals surface area contributed by atoms with Crippen LogP contribution < -0.4 is 19.5 Å². The number of halogens is 1.